The molecule has 0 atom stereocenters. The zero-order valence-corrected chi connectivity index (χ0v) is 41.3. The van der Waals surface area contributed by atoms with E-state index in [1.54, 1.807) is 20.2 Å². The highest BCUT2D eigenvalue weighted by molar-refractivity contribution is 7.19. The Balaban J connectivity index is 0.000000154. The summed E-state index contributed by atoms with van der Waals surface area (Å²) in [6.07, 6.45) is -2.42. The Morgan fingerprint density at radius 3 is 1.84 bits per heavy atom. The van der Waals surface area contributed by atoms with Crippen LogP contribution >= 0.6 is 57.5 Å². The molecule has 6 heterocycles. The van der Waals surface area contributed by atoms with E-state index in [4.69, 9.17) is 34.8 Å². The number of anilines is 2. The Labute approximate surface area is 417 Å². The first-order valence-corrected chi connectivity index (χ1v) is 25.0. The van der Waals surface area contributed by atoms with Crippen molar-refractivity contribution in [3.8, 4) is 0 Å². The van der Waals surface area contributed by atoms with E-state index in [0.717, 1.165) is 67.1 Å². The van der Waals surface area contributed by atoms with Crippen LogP contribution in [0.2, 0.25) is 15.7 Å². The fourth-order valence-corrected chi connectivity index (χ4v) is 12.9. The third-order valence-corrected chi connectivity index (χ3v) is 15.8. The van der Waals surface area contributed by atoms with E-state index in [2.05, 4.69) is 46.1 Å². The Hall–Kier alpha value is -4.53. The van der Waals surface area contributed by atoms with E-state index in [9.17, 15) is 35.9 Å². The van der Waals surface area contributed by atoms with Crippen LogP contribution in [0.5, 0.6) is 0 Å². The zero-order valence-electron chi connectivity index (χ0n) is 37.4. The number of nitrogens with one attached hydrogen (secondary N) is 4. The van der Waals surface area contributed by atoms with Gasteiger partial charge in [0.15, 0.2) is 0 Å². The molecule has 0 unspecified atom stereocenters. The fraction of sp³-hybridized carbons (Fsp3) is 0.447. The van der Waals surface area contributed by atoms with E-state index in [1.807, 2.05) is 48.5 Å². The number of carbonyl (C=O) groups excluding carboxylic acids is 2. The lowest BCUT2D eigenvalue weighted by atomic mass is 9.60. The number of aromatic nitrogens is 4. The largest absolute Gasteiger partial charge is 0.393 e. The van der Waals surface area contributed by atoms with Gasteiger partial charge >= 0.3 is 12.4 Å². The second kappa shape index (κ2) is 20.7. The van der Waals surface area contributed by atoms with Gasteiger partial charge in [0.25, 0.3) is 11.8 Å². The minimum absolute atomic E-state index is 0.0359. The average molecular weight is 1060 g/mol. The number of alkyl halides is 6. The SMILES string of the molecule is CNC(=O)c1ccc(CC2CC3(CCN(c4nc(Cl)nc5sc(CC(F)(F)F)cc45)C3)C2)cc1.CNC(=O)c1ccc(NC2CC3(CCNC3)C2)cc1.FC(F)(F)Cc1cc2c(Cl)nc(Cl)nc2s1. The summed E-state index contributed by atoms with van der Waals surface area (Å²) >= 11 is 19.4. The molecule has 0 bridgehead atoms. The van der Waals surface area contributed by atoms with Crippen LogP contribution in [0, 0.1) is 16.7 Å². The van der Waals surface area contributed by atoms with Crippen molar-refractivity contribution in [2.75, 3.05) is 50.5 Å². The first kappa shape index (κ1) is 50.8. The van der Waals surface area contributed by atoms with Gasteiger partial charge < -0.3 is 26.2 Å². The minimum atomic E-state index is -4.26. The molecule has 4 aliphatic rings. The van der Waals surface area contributed by atoms with Gasteiger partial charge in [-0.1, -0.05) is 23.7 Å². The molecular formula is C47H48Cl3F6N9O2S2. The number of benzene rings is 2. The van der Waals surface area contributed by atoms with Crippen molar-refractivity contribution >= 4 is 101 Å². The van der Waals surface area contributed by atoms with Crippen LogP contribution < -0.4 is 26.2 Å². The van der Waals surface area contributed by atoms with Crippen molar-refractivity contribution in [3.05, 3.63) is 103 Å². The standard InChI is InChI=1S/C24H24ClF3N4OS.C15H21N3O.C8H3Cl2F3N2S/c1-29-20(33)16-4-2-14(3-5-16)8-15-10-23(11-15)6-7-32(13-23)19-18-9-17(12-24(26,27)28)34-21(18)31-22(25)30-19;1-16-14(19)11-2-4-12(5-3-11)18-13-8-15(9-13)6-7-17-10-15;9-5-4-1-3(2-8(11,12)13)16-6(4)15-7(10)14-5/h2-5,9,15H,6-8,10-13H2,1H3,(H,29,33);2-5,13,17-18H,6-10H2,1H3,(H,16,19);1H,2H2. The molecule has 4 fully saturated rings. The molecule has 4 aromatic heterocycles. The molecule has 2 aliphatic carbocycles. The molecule has 0 radical (unpaired) electrons. The van der Waals surface area contributed by atoms with E-state index >= 15 is 0 Å². The van der Waals surface area contributed by atoms with Crippen molar-refractivity contribution in [1.82, 2.24) is 35.9 Å². The highest BCUT2D eigenvalue weighted by Crippen LogP contribution is 2.54. The van der Waals surface area contributed by atoms with Crippen LogP contribution in [-0.4, -0.2) is 90.4 Å². The highest BCUT2D eigenvalue weighted by Gasteiger charge is 2.49. The van der Waals surface area contributed by atoms with Crippen LogP contribution in [0.3, 0.4) is 0 Å². The first-order valence-electron chi connectivity index (χ1n) is 22.3. The summed E-state index contributed by atoms with van der Waals surface area (Å²) in [4.78, 5) is 42.6. The Morgan fingerprint density at radius 1 is 0.739 bits per heavy atom. The molecule has 2 spiro atoms. The number of amides is 2. The molecule has 2 aromatic carbocycles. The molecule has 10 rings (SSSR count). The summed E-state index contributed by atoms with van der Waals surface area (Å²) in [6.45, 7) is 3.99. The molecule has 4 N–H and O–H groups in total. The average Bonchev–Trinajstić information content (AvgIpc) is 4.09. The van der Waals surface area contributed by atoms with Gasteiger partial charge in [0, 0.05) is 71.7 Å². The van der Waals surface area contributed by atoms with Gasteiger partial charge in [-0.2, -0.15) is 31.3 Å². The second-order valence-corrected chi connectivity index (χ2v) is 21.6. The van der Waals surface area contributed by atoms with E-state index < -0.39 is 25.2 Å². The molecule has 6 aromatic rings. The highest BCUT2D eigenvalue weighted by atomic mass is 35.5. The summed E-state index contributed by atoms with van der Waals surface area (Å²) < 4.78 is 75.1. The fourth-order valence-electron chi connectivity index (χ4n) is 10.0. The Kier molecular flexibility index (Phi) is 15.2. The molecule has 2 saturated heterocycles. The van der Waals surface area contributed by atoms with Crippen molar-refractivity contribution < 1.29 is 35.9 Å². The summed E-state index contributed by atoms with van der Waals surface area (Å²) in [5, 5.41) is 13.4. The Bertz CT molecular complexity index is 2790. The van der Waals surface area contributed by atoms with E-state index in [1.165, 1.54) is 44.0 Å². The maximum atomic E-state index is 12.9. The van der Waals surface area contributed by atoms with Crippen LogP contribution in [0.4, 0.5) is 37.8 Å². The van der Waals surface area contributed by atoms with Crippen LogP contribution in [0.15, 0.2) is 60.7 Å². The third-order valence-electron chi connectivity index (χ3n) is 13.1. The molecule has 2 amide bonds. The van der Waals surface area contributed by atoms with Gasteiger partial charge in [-0.3, -0.25) is 9.59 Å². The van der Waals surface area contributed by atoms with Gasteiger partial charge in [0.2, 0.25) is 10.6 Å². The van der Waals surface area contributed by atoms with Crippen LogP contribution in [-0.2, 0) is 19.3 Å². The predicted molar refractivity (Wildman–Crippen MR) is 261 cm³/mol. The number of fused-ring (bicyclic) bond motifs is 2. The molecule has 69 heavy (non-hydrogen) atoms. The van der Waals surface area contributed by atoms with Gasteiger partial charge in [0.1, 0.15) is 20.6 Å². The molecule has 2 aliphatic heterocycles. The lowest BCUT2D eigenvalue weighted by molar-refractivity contribution is -0.127. The number of carbonyl (C=O) groups is 2. The Morgan fingerprint density at radius 2 is 1.29 bits per heavy atom. The number of halogens is 9. The van der Waals surface area contributed by atoms with Crippen LogP contribution in [0.1, 0.15) is 74.6 Å². The molecule has 2 saturated carbocycles. The molecular weight excluding hydrogens is 1010 g/mol. The quantitative estimate of drug-likeness (QED) is 0.0634. The van der Waals surface area contributed by atoms with E-state index in [0.29, 0.717) is 54.8 Å². The summed E-state index contributed by atoms with van der Waals surface area (Å²) in [5.74, 6) is 1.10. The number of hydrogen-bond donors (Lipinski definition) is 4. The van der Waals surface area contributed by atoms with Crippen molar-refractivity contribution in [1.29, 1.82) is 0 Å². The smallest absolute Gasteiger partial charge is 0.382 e. The lowest BCUT2D eigenvalue weighted by Gasteiger charge is -2.45. The minimum Gasteiger partial charge on any atom is -0.382 e. The van der Waals surface area contributed by atoms with Gasteiger partial charge in [-0.05, 0) is 146 Å². The van der Waals surface area contributed by atoms with Gasteiger partial charge in [0.05, 0.1) is 18.2 Å². The number of thiophene rings is 2. The van der Waals surface area contributed by atoms with Crippen molar-refractivity contribution in [3.63, 3.8) is 0 Å². The summed E-state index contributed by atoms with van der Waals surface area (Å²) in [7, 11) is 3.27. The molecule has 22 heteroatoms. The van der Waals surface area contributed by atoms with Crippen molar-refractivity contribution in [2.24, 2.45) is 16.7 Å². The zero-order chi connectivity index (χ0) is 49.3. The predicted octanol–water partition coefficient (Wildman–Crippen LogP) is 11.4. The van der Waals surface area contributed by atoms with Gasteiger partial charge in [-0.15, -0.1) is 22.7 Å². The maximum Gasteiger partial charge on any atom is 0.393 e. The summed E-state index contributed by atoms with van der Waals surface area (Å²) in [5.41, 5.74) is 4.48. The monoisotopic (exact) mass is 1050 g/mol. The second-order valence-electron chi connectivity index (χ2n) is 18.3. The van der Waals surface area contributed by atoms with Crippen LogP contribution in [0.25, 0.3) is 20.4 Å². The normalized spacial score (nSPS) is 21.9. The number of hydrogen-bond acceptors (Lipinski definition) is 11. The number of rotatable bonds is 9. The lowest BCUT2D eigenvalue weighted by Crippen LogP contribution is -2.46. The van der Waals surface area contributed by atoms with E-state index in [-0.39, 0.29) is 42.7 Å². The topological polar surface area (TPSA) is 137 Å². The third kappa shape index (κ3) is 12.7. The van der Waals surface area contributed by atoms with Crippen molar-refractivity contribution in [2.45, 2.75) is 76.2 Å². The maximum absolute atomic E-state index is 12.9. The molecule has 11 nitrogen and oxygen atoms in total. The number of nitrogens with zero attached hydrogens (tertiary/aromatic N) is 5. The summed E-state index contributed by atoms with van der Waals surface area (Å²) in [6, 6.07) is 19.0. The molecule has 368 valence electrons. The van der Waals surface area contributed by atoms with Gasteiger partial charge in [-0.25, -0.2) is 15.0 Å². The first-order chi connectivity index (χ1) is 32.7.